The van der Waals surface area contributed by atoms with Crippen molar-refractivity contribution in [3.05, 3.63) is 34.5 Å². The number of nitrogens with zero attached hydrogens (tertiary/aromatic N) is 1. The van der Waals surface area contributed by atoms with Gasteiger partial charge in [-0.3, -0.25) is 4.90 Å². The third kappa shape index (κ3) is 2.83. The van der Waals surface area contributed by atoms with Crippen LogP contribution in [0.25, 0.3) is 0 Å². The number of ether oxygens (including phenoxy) is 1. The zero-order chi connectivity index (χ0) is 10.7. The Bertz CT molecular complexity index is 333. The molecule has 0 spiro atoms. The summed E-state index contributed by atoms with van der Waals surface area (Å²) in [5, 5.41) is 0. The van der Waals surface area contributed by atoms with E-state index in [1.807, 2.05) is 10.8 Å². The summed E-state index contributed by atoms with van der Waals surface area (Å²) in [7, 11) is 5.70. The van der Waals surface area contributed by atoms with Gasteiger partial charge < -0.3 is 4.74 Å². The molecule has 0 unspecified atom stereocenters. The first kappa shape index (κ1) is 11.2. The Hall–Kier alpha value is -0.320. The minimum absolute atomic E-state index is 0.696. The summed E-state index contributed by atoms with van der Waals surface area (Å²) in [6.07, 6.45) is 9.69. The summed E-state index contributed by atoms with van der Waals surface area (Å²) < 4.78 is 5.66. The fraction of sp³-hybridized carbons (Fsp3) is 0.455. The van der Waals surface area contributed by atoms with E-state index in [2.05, 4.69) is 36.4 Å². The molecule has 1 aliphatic carbocycles. The van der Waals surface area contributed by atoms with Crippen LogP contribution < -0.4 is 0 Å². The normalized spacial score (nSPS) is 21.9. The maximum absolute atomic E-state index is 5.66. The highest BCUT2D eigenvalue weighted by atomic mass is 33.1. The van der Waals surface area contributed by atoms with Gasteiger partial charge in [0.25, 0.3) is 0 Å². The summed E-state index contributed by atoms with van der Waals surface area (Å²) in [6.45, 7) is 1.69. The maximum Gasteiger partial charge on any atom is 0.142 e. The lowest BCUT2D eigenvalue weighted by Gasteiger charge is -2.27. The van der Waals surface area contributed by atoms with Crippen molar-refractivity contribution >= 4 is 21.6 Å². The molecule has 0 amide bonds. The Balaban J connectivity index is 2.13. The monoisotopic (exact) mass is 241 g/mol. The average molecular weight is 241 g/mol. The van der Waals surface area contributed by atoms with Gasteiger partial charge in [-0.25, -0.2) is 0 Å². The highest BCUT2D eigenvalue weighted by Gasteiger charge is 2.17. The standard InChI is InChI=1S/C11H15NOS2/c1-12-7-9-3-4-10(15-14-2)5-6-11(9)13-8-12/h3,5-6H,4,7-8H2,1-2H3. The van der Waals surface area contributed by atoms with E-state index in [-0.39, 0.29) is 0 Å². The molecule has 2 rings (SSSR count). The van der Waals surface area contributed by atoms with E-state index in [9.17, 15) is 0 Å². The minimum atomic E-state index is 0.696. The van der Waals surface area contributed by atoms with Crippen molar-refractivity contribution < 1.29 is 4.74 Å². The van der Waals surface area contributed by atoms with Crippen molar-refractivity contribution in [1.29, 1.82) is 0 Å². The van der Waals surface area contributed by atoms with Gasteiger partial charge in [0.05, 0.1) is 0 Å². The lowest BCUT2D eigenvalue weighted by molar-refractivity contribution is 0.0761. The van der Waals surface area contributed by atoms with Gasteiger partial charge in [0, 0.05) is 12.1 Å². The van der Waals surface area contributed by atoms with Gasteiger partial charge in [-0.1, -0.05) is 27.7 Å². The van der Waals surface area contributed by atoms with Crippen LogP contribution in [0.3, 0.4) is 0 Å². The number of hydrogen-bond acceptors (Lipinski definition) is 4. The molecule has 0 atom stereocenters. The summed E-state index contributed by atoms with van der Waals surface area (Å²) in [4.78, 5) is 3.57. The lowest BCUT2D eigenvalue weighted by atomic mass is 10.1. The van der Waals surface area contributed by atoms with Crippen molar-refractivity contribution in [3.63, 3.8) is 0 Å². The summed E-state index contributed by atoms with van der Waals surface area (Å²) >= 11 is 0. The third-order valence-corrected chi connectivity index (χ3v) is 4.18. The van der Waals surface area contributed by atoms with Crippen LogP contribution in [0.5, 0.6) is 0 Å². The Morgan fingerprint density at radius 3 is 3.07 bits per heavy atom. The molecule has 0 aromatic heterocycles. The molecule has 1 saturated heterocycles. The molecule has 1 fully saturated rings. The molecule has 0 N–H and O–H groups in total. The first-order valence-corrected chi connectivity index (χ1v) is 7.47. The lowest BCUT2D eigenvalue weighted by Crippen LogP contribution is -2.30. The van der Waals surface area contributed by atoms with Crippen LogP contribution >= 0.6 is 21.6 Å². The molecule has 15 heavy (non-hydrogen) atoms. The largest absolute Gasteiger partial charge is 0.478 e. The summed E-state index contributed by atoms with van der Waals surface area (Å²) in [6, 6.07) is 0. The number of fused-ring (bicyclic) bond motifs is 1. The third-order valence-electron chi connectivity index (χ3n) is 2.36. The topological polar surface area (TPSA) is 12.5 Å². The first-order chi connectivity index (χ1) is 7.29. The van der Waals surface area contributed by atoms with Crippen LogP contribution in [0, 0.1) is 0 Å². The Morgan fingerprint density at radius 2 is 2.27 bits per heavy atom. The molecule has 1 heterocycles. The van der Waals surface area contributed by atoms with Crippen molar-refractivity contribution in [3.8, 4) is 0 Å². The molecule has 2 nitrogen and oxygen atoms in total. The first-order valence-electron chi connectivity index (χ1n) is 4.92. The van der Waals surface area contributed by atoms with Gasteiger partial charge in [-0.15, -0.1) is 0 Å². The second-order valence-corrected chi connectivity index (χ2v) is 6.16. The van der Waals surface area contributed by atoms with E-state index in [1.54, 1.807) is 10.8 Å². The Labute approximate surface area is 98.8 Å². The fourth-order valence-corrected chi connectivity index (χ4v) is 3.14. The smallest absolute Gasteiger partial charge is 0.142 e. The molecule has 4 heteroatoms. The van der Waals surface area contributed by atoms with Crippen LogP contribution in [0.2, 0.25) is 0 Å². The van der Waals surface area contributed by atoms with Crippen LogP contribution in [0.4, 0.5) is 0 Å². The molecular weight excluding hydrogens is 226 g/mol. The molecule has 0 aromatic carbocycles. The number of hydrogen-bond donors (Lipinski definition) is 0. The minimum Gasteiger partial charge on any atom is -0.478 e. The molecular formula is C11H15NOS2. The molecule has 0 bridgehead atoms. The van der Waals surface area contributed by atoms with Gasteiger partial charge in [-0.2, -0.15) is 0 Å². The second-order valence-electron chi connectivity index (χ2n) is 3.63. The number of rotatable bonds is 2. The van der Waals surface area contributed by atoms with Crippen LogP contribution in [-0.4, -0.2) is 31.5 Å². The highest BCUT2D eigenvalue weighted by Crippen LogP contribution is 2.33. The zero-order valence-electron chi connectivity index (χ0n) is 9.03. The van der Waals surface area contributed by atoms with Crippen molar-refractivity contribution in [1.82, 2.24) is 4.90 Å². The molecule has 1 aliphatic heterocycles. The average Bonchev–Trinajstić information content (AvgIpc) is 2.42. The summed E-state index contributed by atoms with van der Waals surface area (Å²) in [5.41, 5.74) is 1.32. The van der Waals surface area contributed by atoms with Gasteiger partial charge in [0.1, 0.15) is 12.5 Å². The van der Waals surface area contributed by atoms with Crippen molar-refractivity contribution in [2.45, 2.75) is 6.42 Å². The van der Waals surface area contributed by atoms with Crippen LogP contribution in [0.15, 0.2) is 34.5 Å². The SMILES string of the molecule is CSSC1=CC=C2OCN(C)CC2=CC1. The molecule has 2 aliphatic rings. The molecule has 0 saturated carbocycles. The van der Waals surface area contributed by atoms with E-state index in [0.29, 0.717) is 6.73 Å². The number of likely N-dealkylation sites (N-methyl/N-ethyl adjacent to an activating group) is 1. The van der Waals surface area contributed by atoms with Gasteiger partial charge >= 0.3 is 0 Å². The van der Waals surface area contributed by atoms with E-state index in [0.717, 1.165) is 18.7 Å². The van der Waals surface area contributed by atoms with E-state index in [1.165, 1.54) is 10.5 Å². The summed E-state index contributed by atoms with van der Waals surface area (Å²) in [5.74, 6) is 1.05. The predicted octanol–water partition coefficient (Wildman–Crippen LogP) is 3.02. The van der Waals surface area contributed by atoms with Gasteiger partial charge in [-0.05, 0) is 36.8 Å². The van der Waals surface area contributed by atoms with E-state index >= 15 is 0 Å². The quantitative estimate of drug-likeness (QED) is 0.689. The highest BCUT2D eigenvalue weighted by molar-refractivity contribution is 8.77. The van der Waals surface area contributed by atoms with Crippen LogP contribution in [-0.2, 0) is 4.74 Å². The van der Waals surface area contributed by atoms with Crippen LogP contribution in [0.1, 0.15) is 6.42 Å². The second kappa shape index (κ2) is 5.14. The van der Waals surface area contributed by atoms with Gasteiger partial charge in [0.15, 0.2) is 0 Å². The number of allylic oxidation sites excluding steroid dienone is 4. The Kier molecular flexibility index (Phi) is 3.83. The molecule has 82 valence electrons. The molecule has 0 aromatic rings. The maximum atomic E-state index is 5.66. The van der Waals surface area contributed by atoms with Gasteiger partial charge in [0.2, 0.25) is 0 Å². The molecule has 0 radical (unpaired) electrons. The predicted molar refractivity (Wildman–Crippen MR) is 68.6 cm³/mol. The zero-order valence-corrected chi connectivity index (χ0v) is 10.7. The van der Waals surface area contributed by atoms with Crippen molar-refractivity contribution in [2.75, 3.05) is 26.6 Å². The Morgan fingerprint density at radius 1 is 1.40 bits per heavy atom. The van der Waals surface area contributed by atoms with E-state index in [4.69, 9.17) is 4.74 Å². The fourth-order valence-electron chi connectivity index (χ4n) is 1.64. The van der Waals surface area contributed by atoms with Crippen molar-refractivity contribution in [2.24, 2.45) is 0 Å². The van der Waals surface area contributed by atoms with E-state index < -0.39 is 0 Å².